The van der Waals surface area contributed by atoms with Gasteiger partial charge in [0.1, 0.15) is 0 Å². The molecule has 0 fully saturated rings. The normalized spacial score (nSPS) is 11.8. The third-order valence-electron chi connectivity index (χ3n) is 2.96. The number of rotatable bonds is 6. The number of hydrogen-bond donors (Lipinski definition) is 0. The Kier molecular flexibility index (Phi) is 6.16. The van der Waals surface area contributed by atoms with Crippen LogP contribution in [-0.2, 0) is 11.2 Å². The molecule has 0 spiro atoms. The van der Waals surface area contributed by atoms with Crippen LogP contribution in [0.5, 0.6) is 0 Å². The molecule has 17 heavy (non-hydrogen) atoms. The monoisotopic (exact) mass is 252 g/mol. The van der Waals surface area contributed by atoms with E-state index in [9.17, 15) is 0 Å². The Morgan fingerprint density at radius 2 is 1.65 bits per heavy atom. The van der Waals surface area contributed by atoms with E-state index in [0.717, 1.165) is 24.3 Å². The molecule has 1 rings (SSSR count). The zero-order valence-electron chi connectivity index (χ0n) is 11.7. The minimum atomic E-state index is -0.0667. The average Bonchev–Trinajstić information content (AvgIpc) is 2.27. The summed E-state index contributed by atoms with van der Waals surface area (Å²) in [5, 5.41) is 1.57. The lowest BCUT2D eigenvalue weighted by atomic mass is 10.2. The van der Waals surface area contributed by atoms with Gasteiger partial charge in [0.2, 0.25) is 0 Å². The first-order chi connectivity index (χ1) is 8.07. The van der Waals surface area contributed by atoms with Crippen molar-refractivity contribution >= 4 is 13.2 Å². The van der Waals surface area contributed by atoms with Crippen LogP contribution < -0.4 is 5.30 Å². The summed E-state index contributed by atoms with van der Waals surface area (Å²) in [6, 6.07) is 8.89. The molecular formula is C15H25OP. The summed E-state index contributed by atoms with van der Waals surface area (Å²) in [6.07, 6.45) is 1.03. The Morgan fingerprint density at radius 1 is 1.06 bits per heavy atom. The van der Waals surface area contributed by atoms with Gasteiger partial charge in [0.25, 0.3) is 0 Å². The minimum Gasteiger partial charge on any atom is -0.384 e. The van der Waals surface area contributed by atoms with E-state index in [1.807, 2.05) is 0 Å². The predicted octanol–water partition coefficient (Wildman–Crippen LogP) is 3.80. The lowest BCUT2D eigenvalue weighted by Gasteiger charge is -2.28. The molecule has 1 nitrogen and oxygen atoms in total. The molecular weight excluding hydrogens is 227 g/mol. The van der Waals surface area contributed by atoms with Crippen LogP contribution >= 0.6 is 7.92 Å². The highest BCUT2D eigenvalue weighted by Gasteiger charge is 2.20. The molecule has 0 aliphatic rings. The van der Waals surface area contributed by atoms with Gasteiger partial charge in [-0.25, -0.2) is 0 Å². The maximum Gasteiger partial charge on any atom is 0.0502 e. The van der Waals surface area contributed by atoms with E-state index in [2.05, 4.69) is 52.0 Å². The van der Waals surface area contributed by atoms with E-state index in [1.165, 1.54) is 5.56 Å². The molecule has 96 valence electrons. The van der Waals surface area contributed by atoms with Crippen molar-refractivity contribution < 1.29 is 4.74 Å². The minimum absolute atomic E-state index is 0.0667. The molecule has 0 heterocycles. The quantitative estimate of drug-likeness (QED) is 0.700. The van der Waals surface area contributed by atoms with Crippen molar-refractivity contribution in [3.63, 3.8) is 0 Å². The van der Waals surface area contributed by atoms with Crippen molar-refractivity contribution in [1.82, 2.24) is 0 Å². The van der Waals surface area contributed by atoms with Gasteiger partial charge in [-0.1, -0.05) is 59.9 Å². The highest BCUT2D eigenvalue weighted by Crippen LogP contribution is 2.45. The van der Waals surface area contributed by atoms with Gasteiger partial charge < -0.3 is 4.74 Å². The zero-order chi connectivity index (χ0) is 12.8. The third-order valence-corrected chi connectivity index (χ3v) is 6.18. The van der Waals surface area contributed by atoms with Crippen LogP contribution in [0.25, 0.3) is 0 Å². The van der Waals surface area contributed by atoms with Gasteiger partial charge in [0.15, 0.2) is 0 Å². The first-order valence-corrected chi connectivity index (χ1v) is 7.91. The second-order valence-corrected chi connectivity index (χ2v) is 8.33. The van der Waals surface area contributed by atoms with Gasteiger partial charge in [-0.2, -0.15) is 0 Å². The lowest BCUT2D eigenvalue weighted by molar-refractivity contribution is 0.202. The van der Waals surface area contributed by atoms with Crippen LogP contribution in [0.4, 0.5) is 0 Å². The van der Waals surface area contributed by atoms with Crippen LogP contribution in [0, 0.1) is 0 Å². The van der Waals surface area contributed by atoms with E-state index in [0.29, 0.717) is 0 Å². The summed E-state index contributed by atoms with van der Waals surface area (Å²) < 4.78 is 5.21. The second kappa shape index (κ2) is 7.13. The van der Waals surface area contributed by atoms with Crippen LogP contribution in [0.3, 0.4) is 0 Å². The molecule has 0 radical (unpaired) electrons. The molecule has 0 amide bonds. The van der Waals surface area contributed by atoms with E-state index in [1.54, 1.807) is 12.4 Å². The maximum atomic E-state index is 5.21. The van der Waals surface area contributed by atoms with Crippen molar-refractivity contribution in [3.8, 4) is 0 Å². The number of methoxy groups -OCH3 is 1. The Labute approximate surface area is 107 Å². The summed E-state index contributed by atoms with van der Waals surface area (Å²) in [7, 11) is 1.71. The van der Waals surface area contributed by atoms with Gasteiger partial charge in [-0.05, 0) is 28.6 Å². The van der Waals surface area contributed by atoms with Gasteiger partial charge in [0.05, 0.1) is 6.61 Å². The average molecular weight is 252 g/mol. The SMILES string of the molecule is COCCc1ccccc1P(C(C)C)C(C)C. The molecule has 0 saturated carbocycles. The van der Waals surface area contributed by atoms with E-state index >= 15 is 0 Å². The Hall–Kier alpha value is -0.390. The van der Waals surface area contributed by atoms with Crippen LogP contribution in [0.15, 0.2) is 24.3 Å². The zero-order valence-corrected chi connectivity index (χ0v) is 12.6. The smallest absolute Gasteiger partial charge is 0.0502 e. The molecule has 0 atom stereocenters. The summed E-state index contributed by atoms with van der Waals surface area (Å²) in [5.74, 6) is 0. The first-order valence-electron chi connectivity index (χ1n) is 6.43. The Balaban J connectivity index is 3.00. The largest absolute Gasteiger partial charge is 0.384 e. The molecule has 0 saturated heterocycles. The topological polar surface area (TPSA) is 9.23 Å². The van der Waals surface area contributed by atoms with E-state index < -0.39 is 0 Å². The summed E-state index contributed by atoms with van der Waals surface area (Å²) >= 11 is 0. The summed E-state index contributed by atoms with van der Waals surface area (Å²) in [4.78, 5) is 0. The van der Waals surface area contributed by atoms with Crippen molar-refractivity contribution in [3.05, 3.63) is 29.8 Å². The molecule has 2 heteroatoms. The van der Waals surface area contributed by atoms with Crippen LogP contribution in [0.2, 0.25) is 0 Å². The number of ether oxygens (including phenoxy) is 1. The molecule has 0 aliphatic carbocycles. The van der Waals surface area contributed by atoms with Gasteiger partial charge in [-0.3, -0.25) is 0 Å². The Morgan fingerprint density at radius 3 is 2.18 bits per heavy atom. The third kappa shape index (κ3) is 4.08. The standard InChI is InChI=1S/C15H25OP/c1-12(2)17(13(3)4)15-9-7-6-8-14(15)10-11-16-5/h6-9,12-13H,10-11H2,1-5H3. The molecule has 1 aromatic carbocycles. The Bertz CT molecular complexity index is 325. The fourth-order valence-electron chi connectivity index (χ4n) is 2.34. The maximum absolute atomic E-state index is 5.21. The number of benzene rings is 1. The predicted molar refractivity (Wildman–Crippen MR) is 78.8 cm³/mol. The van der Waals surface area contributed by atoms with Gasteiger partial charge in [-0.15, -0.1) is 0 Å². The van der Waals surface area contributed by atoms with Crippen LogP contribution in [0.1, 0.15) is 33.3 Å². The lowest BCUT2D eigenvalue weighted by Crippen LogP contribution is -2.19. The summed E-state index contributed by atoms with van der Waals surface area (Å²) in [6.45, 7) is 10.2. The van der Waals surface area contributed by atoms with E-state index in [-0.39, 0.29) is 7.92 Å². The van der Waals surface area contributed by atoms with Crippen molar-refractivity contribution in [1.29, 1.82) is 0 Å². The molecule has 0 unspecified atom stereocenters. The number of hydrogen-bond acceptors (Lipinski definition) is 1. The molecule has 0 aliphatic heterocycles. The van der Waals surface area contributed by atoms with E-state index in [4.69, 9.17) is 4.74 Å². The first kappa shape index (κ1) is 14.7. The van der Waals surface area contributed by atoms with Crippen molar-refractivity contribution in [2.75, 3.05) is 13.7 Å². The summed E-state index contributed by atoms with van der Waals surface area (Å²) in [5.41, 5.74) is 2.96. The highest BCUT2D eigenvalue weighted by atomic mass is 31.1. The van der Waals surface area contributed by atoms with Gasteiger partial charge in [0, 0.05) is 7.11 Å². The molecule has 0 aromatic heterocycles. The van der Waals surface area contributed by atoms with Crippen molar-refractivity contribution in [2.24, 2.45) is 0 Å². The highest BCUT2D eigenvalue weighted by molar-refractivity contribution is 7.67. The second-order valence-electron chi connectivity index (χ2n) is 4.97. The molecule has 0 N–H and O–H groups in total. The fourth-order valence-corrected chi connectivity index (χ4v) is 5.42. The van der Waals surface area contributed by atoms with Crippen molar-refractivity contribution in [2.45, 2.75) is 45.4 Å². The van der Waals surface area contributed by atoms with Crippen LogP contribution in [-0.4, -0.2) is 25.0 Å². The molecule has 0 bridgehead atoms. The molecule has 1 aromatic rings. The van der Waals surface area contributed by atoms with Gasteiger partial charge >= 0.3 is 0 Å². The fraction of sp³-hybridized carbons (Fsp3) is 0.600.